The fourth-order valence-electron chi connectivity index (χ4n) is 3.04. The number of carbonyl (C=O) groups is 1. The Labute approximate surface area is 159 Å². The maximum Gasteiger partial charge on any atom is 0.257 e. The molecule has 2 N–H and O–H groups in total. The Morgan fingerprint density at radius 1 is 1.15 bits per heavy atom. The van der Waals surface area contributed by atoms with Crippen LogP contribution in [0.2, 0.25) is 0 Å². The molecule has 1 fully saturated rings. The van der Waals surface area contributed by atoms with E-state index in [-0.39, 0.29) is 11.0 Å². The van der Waals surface area contributed by atoms with Gasteiger partial charge in [0.25, 0.3) is 5.91 Å². The maximum atomic E-state index is 12.4. The number of carbonyl (C=O) groups excluding carboxylic acids is 1. The summed E-state index contributed by atoms with van der Waals surface area (Å²) >= 11 is 5.34. The fourth-order valence-corrected chi connectivity index (χ4v) is 3.24. The van der Waals surface area contributed by atoms with Crippen LogP contribution in [0, 0.1) is 0 Å². The summed E-state index contributed by atoms with van der Waals surface area (Å²) in [7, 11) is 0. The summed E-state index contributed by atoms with van der Waals surface area (Å²) in [6, 6.07) is 15.1. The van der Waals surface area contributed by atoms with Crippen LogP contribution in [0.5, 0.6) is 5.75 Å². The van der Waals surface area contributed by atoms with Crippen molar-refractivity contribution < 1.29 is 9.53 Å². The molecule has 0 atom stereocenters. The van der Waals surface area contributed by atoms with Crippen molar-refractivity contribution >= 4 is 34.6 Å². The molecule has 6 heteroatoms. The Hall–Kier alpha value is -2.60. The third-order valence-electron chi connectivity index (χ3n) is 4.23. The average molecular weight is 369 g/mol. The number of hydrogen-bond acceptors (Lipinski definition) is 4. The minimum atomic E-state index is -0.261. The molecule has 0 saturated carbocycles. The van der Waals surface area contributed by atoms with Crippen LogP contribution in [-0.2, 0) is 0 Å². The lowest BCUT2D eigenvalue weighted by Gasteiger charge is -2.22. The third kappa shape index (κ3) is 4.52. The van der Waals surface area contributed by atoms with Crippen molar-refractivity contribution in [3.63, 3.8) is 0 Å². The number of anilines is 2. The van der Waals surface area contributed by atoms with Crippen LogP contribution in [0.15, 0.2) is 48.5 Å². The van der Waals surface area contributed by atoms with Crippen molar-refractivity contribution in [2.24, 2.45) is 0 Å². The molecule has 1 amide bonds. The number of ether oxygens (including phenoxy) is 1. The molecule has 2 aromatic carbocycles. The first-order valence-electron chi connectivity index (χ1n) is 8.86. The lowest BCUT2D eigenvalue weighted by Crippen LogP contribution is -2.34. The van der Waals surface area contributed by atoms with Gasteiger partial charge in [0, 0.05) is 18.7 Å². The highest BCUT2D eigenvalue weighted by molar-refractivity contribution is 7.80. The van der Waals surface area contributed by atoms with E-state index >= 15 is 0 Å². The van der Waals surface area contributed by atoms with Gasteiger partial charge < -0.3 is 15.0 Å². The first-order valence-corrected chi connectivity index (χ1v) is 9.27. The first-order chi connectivity index (χ1) is 12.7. The molecule has 26 heavy (non-hydrogen) atoms. The van der Waals surface area contributed by atoms with E-state index in [1.807, 2.05) is 31.2 Å². The zero-order valence-electron chi connectivity index (χ0n) is 14.8. The molecular weight excluding hydrogens is 346 g/mol. The SMILES string of the molecule is CCOc1cccc(C(=O)NC(=S)Nc2ccccc2N2CCCC2)c1. The molecule has 0 unspecified atom stereocenters. The molecule has 0 aromatic heterocycles. The Morgan fingerprint density at radius 3 is 2.69 bits per heavy atom. The van der Waals surface area contributed by atoms with Gasteiger partial charge in [-0.1, -0.05) is 18.2 Å². The molecule has 0 aliphatic carbocycles. The number of thiocarbonyl (C=S) groups is 1. The maximum absolute atomic E-state index is 12.4. The second-order valence-corrected chi connectivity index (χ2v) is 6.49. The van der Waals surface area contributed by atoms with E-state index in [1.54, 1.807) is 18.2 Å². The lowest BCUT2D eigenvalue weighted by atomic mass is 10.2. The summed E-state index contributed by atoms with van der Waals surface area (Å²) in [5, 5.41) is 6.17. The number of amides is 1. The van der Waals surface area contributed by atoms with E-state index in [4.69, 9.17) is 17.0 Å². The van der Waals surface area contributed by atoms with Gasteiger partial charge in [0.1, 0.15) is 5.75 Å². The Bertz CT molecular complexity index is 788. The van der Waals surface area contributed by atoms with Crippen LogP contribution in [0.3, 0.4) is 0 Å². The first kappa shape index (κ1) is 18.2. The molecule has 1 heterocycles. The second kappa shape index (κ2) is 8.67. The molecule has 1 saturated heterocycles. The Balaban J connectivity index is 1.66. The van der Waals surface area contributed by atoms with E-state index in [0.29, 0.717) is 17.9 Å². The molecule has 136 valence electrons. The van der Waals surface area contributed by atoms with E-state index in [1.165, 1.54) is 12.8 Å². The average Bonchev–Trinajstić information content (AvgIpc) is 3.17. The number of hydrogen-bond donors (Lipinski definition) is 2. The molecule has 5 nitrogen and oxygen atoms in total. The van der Waals surface area contributed by atoms with E-state index < -0.39 is 0 Å². The molecule has 1 aliphatic rings. The van der Waals surface area contributed by atoms with Crippen LogP contribution in [0.25, 0.3) is 0 Å². The van der Waals surface area contributed by atoms with Crippen molar-refractivity contribution in [3.05, 3.63) is 54.1 Å². The monoisotopic (exact) mass is 369 g/mol. The molecule has 2 aromatic rings. The van der Waals surface area contributed by atoms with Crippen LogP contribution in [0.4, 0.5) is 11.4 Å². The van der Waals surface area contributed by atoms with Gasteiger partial charge in [-0.25, -0.2) is 0 Å². The number of benzene rings is 2. The van der Waals surface area contributed by atoms with Crippen molar-refractivity contribution in [3.8, 4) is 5.75 Å². The lowest BCUT2D eigenvalue weighted by molar-refractivity contribution is 0.0977. The summed E-state index contributed by atoms with van der Waals surface area (Å²) in [6.45, 7) is 4.55. The van der Waals surface area contributed by atoms with Crippen molar-refractivity contribution in [1.82, 2.24) is 5.32 Å². The Morgan fingerprint density at radius 2 is 1.92 bits per heavy atom. The largest absolute Gasteiger partial charge is 0.494 e. The summed E-state index contributed by atoms with van der Waals surface area (Å²) in [4.78, 5) is 14.8. The minimum Gasteiger partial charge on any atom is -0.494 e. The van der Waals surface area contributed by atoms with Gasteiger partial charge in [0.15, 0.2) is 5.11 Å². The van der Waals surface area contributed by atoms with Crippen molar-refractivity contribution in [2.75, 3.05) is 29.9 Å². The van der Waals surface area contributed by atoms with Gasteiger partial charge in [-0.3, -0.25) is 10.1 Å². The number of nitrogens with zero attached hydrogens (tertiary/aromatic N) is 1. The van der Waals surface area contributed by atoms with Crippen LogP contribution < -0.4 is 20.3 Å². The van der Waals surface area contributed by atoms with Gasteiger partial charge in [0.2, 0.25) is 0 Å². The topological polar surface area (TPSA) is 53.6 Å². The van der Waals surface area contributed by atoms with Crippen molar-refractivity contribution in [2.45, 2.75) is 19.8 Å². The molecular formula is C20H23N3O2S. The highest BCUT2D eigenvalue weighted by Crippen LogP contribution is 2.28. The van der Waals surface area contributed by atoms with Crippen LogP contribution in [-0.4, -0.2) is 30.7 Å². The standard InChI is InChI=1S/C20H23N3O2S/c1-2-25-16-9-7-8-15(14-16)19(24)22-20(26)21-17-10-3-4-11-18(17)23-12-5-6-13-23/h3-4,7-11,14H,2,5-6,12-13H2,1H3,(H2,21,22,24,26). The molecule has 3 rings (SSSR count). The molecule has 0 spiro atoms. The highest BCUT2D eigenvalue weighted by Gasteiger charge is 2.16. The second-order valence-electron chi connectivity index (χ2n) is 6.08. The van der Waals surface area contributed by atoms with E-state index in [9.17, 15) is 4.79 Å². The number of rotatable bonds is 5. The molecule has 0 radical (unpaired) electrons. The predicted molar refractivity (Wildman–Crippen MR) is 109 cm³/mol. The number of nitrogens with one attached hydrogen (secondary N) is 2. The van der Waals surface area contributed by atoms with Gasteiger partial charge in [0.05, 0.1) is 18.0 Å². The smallest absolute Gasteiger partial charge is 0.257 e. The Kier molecular flexibility index (Phi) is 6.07. The summed E-state index contributed by atoms with van der Waals surface area (Å²) in [6.07, 6.45) is 2.40. The fraction of sp³-hybridized carbons (Fsp3) is 0.300. The highest BCUT2D eigenvalue weighted by atomic mass is 32.1. The predicted octanol–water partition coefficient (Wildman–Crippen LogP) is 3.81. The molecule has 0 bridgehead atoms. The van der Waals surface area contributed by atoms with E-state index in [0.717, 1.165) is 24.5 Å². The number of para-hydroxylation sites is 2. The zero-order valence-corrected chi connectivity index (χ0v) is 15.6. The van der Waals surface area contributed by atoms with Crippen molar-refractivity contribution in [1.29, 1.82) is 0 Å². The van der Waals surface area contributed by atoms with Gasteiger partial charge in [-0.05, 0) is 62.3 Å². The van der Waals surface area contributed by atoms with Crippen LogP contribution in [0.1, 0.15) is 30.1 Å². The van der Waals surface area contributed by atoms with Crippen LogP contribution >= 0.6 is 12.2 Å². The van der Waals surface area contributed by atoms with Gasteiger partial charge >= 0.3 is 0 Å². The minimum absolute atomic E-state index is 0.261. The summed E-state index contributed by atoms with van der Waals surface area (Å²) < 4.78 is 5.44. The molecule has 1 aliphatic heterocycles. The quantitative estimate of drug-likeness (QED) is 0.785. The summed E-state index contributed by atoms with van der Waals surface area (Å²) in [5.41, 5.74) is 2.52. The summed E-state index contributed by atoms with van der Waals surface area (Å²) in [5.74, 6) is 0.404. The van der Waals surface area contributed by atoms with E-state index in [2.05, 4.69) is 21.6 Å². The normalized spacial score (nSPS) is 13.3. The van der Waals surface area contributed by atoms with Gasteiger partial charge in [-0.15, -0.1) is 0 Å². The third-order valence-corrected chi connectivity index (χ3v) is 4.44. The zero-order chi connectivity index (χ0) is 18.4. The van der Waals surface area contributed by atoms with Gasteiger partial charge in [-0.2, -0.15) is 0 Å².